The lowest BCUT2D eigenvalue weighted by Crippen LogP contribution is -2.28. The van der Waals surface area contributed by atoms with Gasteiger partial charge in [0.1, 0.15) is 11.3 Å². The van der Waals surface area contributed by atoms with E-state index in [0.29, 0.717) is 39.8 Å². The van der Waals surface area contributed by atoms with Gasteiger partial charge in [-0.25, -0.2) is 15.0 Å². The molecule has 8 rings (SSSR count). The van der Waals surface area contributed by atoms with Crippen molar-refractivity contribution in [1.29, 1.82) is 0 Å². The van der Waals surface area contributed by atoms with Gasteiger partial charge in [0.25, 0.3) is 0 Å². The average molecular weight is 520 g/mol. The molecule has 1 aliphatic carbocycles. The van der Waals surface area contributed by atoms with E-state index in [4.69, 9.17) is 19.1 Å². The van der Waals surface area contributed by atoms with Crippen LogP contribution in [0.4, 0.5) is 0 Å². The van der Waals surface area contributed by atoms with Crippen LogP contribution in [0.1, 0.15) is 22.3 Å². The van der Waals surface area contributed by atoms with Crippen LogP contribution in [0.15, 0.2) is 126 Å². The van der Waals surface area contributed by atoms with Gasteiger partial charge in [-0.3, -0.25) is 0 Å². The number of furan rings is 1. The number of hydrogen-bond donors (Lipinski definition) is 1. The van der Waals surface area contributed by atoms with Gasteiger partial charge in [-0.2, -0.15) is 0 Å². The fraction of sp³-hybridized carbons (Fsp3) is 0.0294. The highest BCUT2D eigenvalue weighted by atomic mass is 16.5. The van der Waals surface area contributed by atoms with Crippen molar-refractivity contribution in [3.63, 3.8) is 0 Å². The lowest BCUT2D eigenvalue weighted by molar-refractivity contribution is 0.446. The largest absolute Gasteiger partial charge is 0.507 e. The van der Waals surface area contributed by atoms with Gasteiger partial charge in [-0.05, 0) is 52.6 Å². The minimum Gasteiger partial charge on any atom is -0.507 e. The highest BCUT2D eigenvalue weighted by Crippen LogP contribution is 2.57. The SMILES string of the molecule is Oc1cccc2c1-c1nc(Oc3ccc4oc5ncccc5c4n3)ccc1C2(c1ccccc1)c1ccccc1. The number of nitrogens with zero attached hydrogens (tertiary/aromatic N) is 3. The molecular formula is C34H21N3O3. The highest BCUT2D eigenvalue weighted by Gasteiger charge is 2.48. The quantitative estimate of drug-likeness (QED) is 0.257. The Labute approximate surface area is 229 Å². The molecule has 0 saturated heterocycles. The molecule has 6 heteroatoms. The normalized spacial score (nSPS) is 13.3. The number of aromatic nitrogens is 3. The smallest absolute Gasteiger partial charge is 0.228 e. The van der Waals surface area contributed by atoms with Crippen LogP contribution in [0.2, 0.25) is 0 Å². The predicted molar refractivity (Wildman–Crippen MR) is 153 cm³/mol. The molecule has 0 unspecified atom stereocenters. The average Bonchev–Trinajstić information content (AvgIpc) is 3.52. The van der Waals surface area contributed by atoms with Gasteiger partial charge in [-0.1, -0.05) is 72.8 Å². The molecule has 0 spiro atoms. The Morgan fingerprint density at radius 2 is 1.38 bits per heavy atom. The summed E-state index contributed by atoms with van der Waals surface area (Å²) in [6.45, 7) is 0. The molecule has 40 heavy (non-hydrogen) atoms. The summed E-state index contributed by atoms with van der Waals surface area (Å²) in [5.74, 6) is 0.941. The van der Waals surface area contributed by atoms with Gasteiger partial charge >= 0.3 is 0 Å². The summed E-state index contributed by atoms with van der Waals surface area (Å²) in [6, 6.07) is 37.6. The van der Waals surface area contributed by atoms with E-state index in [0.717, 1.165) is 27.6 Å². The summed E-state index contributed by atoms with van der Waals surface area (Å²) in [4.78, 5) is 13.9. The summed E-state index contributed by atoms with van der Waals surface area (Å²) < 4.78 is 12.0. The zero-order chi connectivity index (χ0) is 26.7. The Balaban J connectivity index is 1.32. The predicted octanol–water partition coefficient (Wildman–Crippen LogP) is 7.63. The van der Waals surface area contributed by atoms with Crippen LogP contribution in [-0.4, -0.2) is 20.1 Å². The molecule has 4 heterocycles. The number of fused-ring (bicyclic) bond motifs is 6. The molecule has 0 atom stereocenters. The van der Waals surface area contributed by atoms with E-state index in [1.165, 1.54) is 0 Å². The van der Waals surface area contributed by atoms with E-state index in [1.54, 1.807) is 18.3 Å². The number of pyridine rings is 3. The van der Waals surface area contributed by atoms with Crippen LogP contribution in [0.25, 0.3) is 33.5 Å². The second kappa shape index (κ2) is 8.51. The first kappa shape index (κ1) is 22.5. The minimum absolute atomic E-state index is 0.175. The monoisotopic (exact) mass is 519 g/mol. The van der Waals surface area contributed by atoms with E-state index >= 15 is 0 Å². The van der Waals surface area contributed by atoms with Crippen LogP contribution in [0.5, 0.6) is 17.5 Å². The van der Waals surface area contributed by atoms with Crippen molar-refractivity contribution in [2.75, 3.05) is 0 Å². The van der Waals surface area contributed by atoms with E-state index in [-0.39, 0.29) is 5.75 Å². The second-order valence-corrected chi connectivity index (χ2v) is 9.78. The van der Waals surface area contributed by atoms with Gasteiger partial charge < -0.3 is 14.3 Å². The molecule has 0 aliphatic heterocycles. The summed E-state index contributed by atoms with van der Waals surface area (Å²) in [5, 5.41) is 12.0. The zero-order valence-electron chi connectivity index (χ0n) is 21.2. The van der Waals surface area contributed by atoms with Gasteiger partial charge in [0.05, 0.1) is 16.5 Å². The van der Waals surface area contributed by atoms with E-state index in [9.17, 15) is 5.11 Å². The van der Waals surface area contributed by atoms with Crippen molar-refractivity contribution in [2.24, 2.45) is 0 Å². The topological polar surface area (TPSA) is 81.3 Å². The van der Waals surface area contributed by atoms with Gasteiger partial charge in [0.2, 0.25) is 17.5 Å². The number of phenols is 1. The number of ether oxygens (including phenoxy) is 1. The van der Waals surface area contributed by atoms with Crippen molar-refractivity contribution >= 4 is 22.2 Å². The van der Waals surface area contributed by atoms with Gasteiger partial charge in [-0.15, -0.1) is 0 Å². The number of benzene rings is 3. The van der Waals surface area contributed by atoms with Crippen molar-refractivity contribution in [3.8, 4) is 28.8 Å². The summed E-state index contributed by atoms with van der Waals surface area (Å²) in [6.07, 6.45) is 1.69. The number of aromatic hydroxyl groups is 1. The lowest BCUT2D eigenvalue weighted by atomic mass is 9.68. The first-order valence-electron chi connectivity index (χ1n) is 13.0. The minimum atomic E-state index is -0.655. The van der Waals surface area contributed by atoms with Crippen LogP contribution < -0.4 is 4.74 Å². The third-order valence-corrected chi connectivity index (χ3v) is 7.65. The third kappa shape index (κ3) is 3.13. The third-order valence-electron chi connectivity index (χ3n) is 7.65. The van der Waals surface area contributed by atoms with E-state index < -0.39 is 5.41 Å². The Morgan fingerprint density at radius 3 is 2.15 bits per heavy atom. The Kier molecular flexibility index (Phi) is 4.79. The first-order chi connectivity index (χ1) is 19.7. The molecule has 3 aromatic carbocycles. The molecule has 1 N–H and O–H groups in total. The zero-order valence-corrected chi connectivity index (χ0v) is 21.2. The molecule has 7 aromatic rings. The van der Waals surface area contributed by atoms with Crippen LogP contribution in [0.3, 0.4) is 0 Å². The lowest BCUT2D eigenvalue weighted by Gasteiger charge is -2.33. The second-order valence-electron chi connectivity index (χ2n) is 9.78. The molecule has 1 aliphatic rings. The van der Waals surface area contributed by atoms with Gasteiger partial charge in [0, 0.05) is 23.9 Å². The number of rotatable bonds is 4. The molecule has 6 nitrogen and oxygen atoms in total. The van der Waals surface area contributed by atoms with Crippen LogP contribution >= 0.6 is 0 Å². The maximum atomic E-state index is 11.2. The Hall–Kier alpha value is -5.49. The molecule has 0 radical (unpaired) electrons. The maximum Gasteiger partial charge on any atom is 0.228 e. The molecule has 0 bridgehead atoms. The van der Waals surface area contributed by atoms with Crippen molar-refractivity contribution in [1.82, 2.24) is 15.0 Å². The van der Waals surface area contributed by atoms with Gasteiger partial charge in [0.15, 0.2) is 5.58 Å². The van der Waals surface area contributed by atoms with Crippen LogP contribution in [-0.2, 0) is 5.41 Å². The molecule has 0 saturated carbocycles. The summed E-state index contributed by atoms with van der Waals surface area (Å²) in [7, 11) is 0. The maximum absolute atomic E-state index is 11.2. The van der Waals surface area contributed by atoms with Crippen molar-refractivity contribution in [3.05, 3.63) is 144 Å². The van der Waals surface area contributed by atoms with E-state index in [2.05, 4.69) is 35.3 Å². The van der Waals surface area contributed by atoms with Crippen LogP contribution in [0, 0.1) is 0 Å². The fourth-order valence-corrected chi connectivity index (χ4v) is 6.03. The highest BCUT2D eigenvalue weighted by molar-refractivity contribution is 6.00. The molecule has 0 amide bonds. The standard InChI is InChI=1S/C34H21N3O3/c38-26-15-7-14-24-30(26)32-25(34(24,21-9-3-1-4-10-21)22-11-5-2-6-12-22)16-18-28(37-32)40-29-19-17-27-31(36-29)23-13-8-20-35-33(23)39-27/h1-20,38H. The summed E-state index contributed by atoms with van der Waals surface area (Å²) in [5.41, 5.74) is 6.70. The molecule has 0 fully saturated rings. The van der Waals surface area contributed by atoms with Crippen molar-refractivity contribution in [2.45, 2.75) is 5.41 Å². The van der Waals surface area contributed by atoms with Crippen molar-refractivity contribution < 1.29 is 14.3 Å². The molecular weight excluding hydrogens is 498 g/mol. The Bertz CT molecular complexity index is 2010. The fourth-order valence-electron chi connectivity index (χ4n) is 6.03. The first-order valence-corrected chi connectivity index (χ1v) is 13.0. The number of hydrogen-bond acceptors (Lipinski definition) is 6. The molecule has 190 valence electrons. The number of phenolic OH excluding ortho intramolecular Hbond substituents is 1. The van der Waals surface area contributed by atoms with E-state index in [1.807, 2.05) is 72.8 Å². The summed E-state index contributed by atoms with van der Waals surface area (Å²) >= 11 is 0. The Morgan fingerprint density at radius 1 is 0.650 bits per heavy atom. The molecule has 4 aromatic heterocycles.